The van der Waals surface area contributed by atoms with Crippen LogP contribution in [0.4, 0.5) is 10.5 Å². The minimum Gasteiger partial charge on any atom is -0.497 e. The van der Waals surface area contributed by atoms with Crippen LogP contribution >= 0.6 is 0 Å². The van der Waals surface area contributed by atoms with Crippen molar-refractivity contribution in [2.75, 3.05) is 26.1 Å². The lowest BCUT2D eigenvalue weighted by molar-refractivity contribution is 0.204. The molecule has 1 aliphatic heterocycles. The second-order valence-electron chi connectivity index (χ2n) is 6.66. The number of aromatic nitrogens is 1. The van der Waals surface area contributed by atoms with Crippen LogP contribution in [0.1, 0.15) is 50.1 Å². The zero-order chi connectivity index (χ0) is 18.7. The smallest absolute Gasteiger partial charge is 0.322 e. The van der Waals surface area contributed by atoms with Gasteiger partial charge in [-0.3, -0.25) is 0 Å². The maximum absolute atomic E-state index is 12.9. The van der Waals surface area contributed by atoms with Gasteiger partial charge >= 0.3 is 6.03 Å². The predicted molar refractivity (Wildman–Crippen MR) is 97.8 cm³/mol. The molecule has 26 heavy (non-hydrogen) atoms. The Balaban J connectivity index is 1.78. The Hall–Kier alpha value is -2.70. The number of hydrogen-bond acceptors (Lipinski definition) is 5. The molecule has 0 spiro atoms. The maximum atomic E-state index is 12.9. The lowest BCUT2D eigenvalue weighted by Crippen LogP contribution is -2.34. The molecular weight excluding hydrogens is 334 g/mol. The molecule has 1 aromatic carbocycles. The zero-order valence-corrected chi connectivity index (χ0v) is 15.6. The van der Waals surface area contributed by atoms with Gasteiger partial charge in [-0.2, -0.15) is 0 Å². The predicted octanol–water partition coefficient (Wildman–Crippen LogP) is 4.18. The average molecular weight is 359 g/mol. The molecule has 0 saturated carbocycles. The van der Waals surface area contributed by atoms with E-state index in [1.807, 2.05) is 6.07 Å². The highest BCUT2D eigenvalue weighted by molar-refractivity contribution is 5.91. The van der Waals surface area contributed by atoms with Gasteiger partial charge < -0.3 is 24.2 Å². The first-order chi connectivity index (χ1) is 12.5. The summed E-state index contributed by atoms with van der Waals surface area (Å²) in [6.45, 7) is 4.78. The standard InChI is InChI=1S/C19H25N3O4/c1-12(2)18-11-14(21-26-18)16-6-5-9-22(16)19(23)20-15-10-13(24-3)7-8-17(15)25-4/h7-8,10-12,16H,5-6,9H2,1-4H3,(H,20,23)/t16-/m1/s1. The molecule has 0 aliphatic carbocycles. The number of rotatable bonds is 5. The van der Waals surface area contributed by atoms with Gasteiger partial charge in [0.15, 0.2) is 0 Å². The monoisotopic (exact) mass is 359 g/mol. The van der Waals surface area contributed by atoms with E-state index in [0.29, 0.717) is 23.7 Å². The number of nitrogens with one attached hydrogen (secondary N) is 1. The fraction of sp³-hybridized carbons (Fsp3) is 0.474. The van der Waals surface area contributed by atoms with Crippen LogP contribution in [-0.2, 0) is 0 Å². The molecule has 1 N–H and O–H groups in total. The van der Waals surface area contributed by atoms with Gasteiger partial charge in [0, 0.05) is 24.6 Å². The second-order valence-corrected chi connectivity index (χ2v) is 6.66. The van der Waals surface area contributed by atoms with Gasteiger partial charge in [-0.25, -0.2) is 4.79 Å². The quantitative estimate of drug-likeness (QED) is 0.866. The summed E-state index contributed by atoms with van der Waals surface area (Å²) >= 11 is 0. The van der Waals surface area contributed by atoms with E-state index >= 15 is 0 Å². The lowest BCUT2D eigenvalue weighted by Gasteiger charge is -2.24. The molecule has 140 valence electrons. The summed E-state index contributed by atoms with van der Waals surface area (Å²) in [6.07, 6.45) is 1.80. The minimum atomic E-state index is -0.187. The van der Waals surface area contributed by atoms with Gasteiger partial charge in [-0.05, 0) is 25.0 Å². The van der Waals surface area contributed by atoms with Crippen LogP contribution in [0.3, 0.4) is 0 Å². The SMILES string of the molecule is COc1ccc(OC)c(NC(=O)N2CCC[C@@H]2c2cc(C(C)C)on2)c1. The van der Waals surface area contributed by atoms with Crippen LogP contribution < -0.4 is 14.8 Å². The van der Waals surface area contributed by atoms with E-state index in [1.165, 1.54) is 0 Å². The number of ether oxygens (including phenoxy) is 2. The number of hydrogen-bond donors (Lipinski definition) is 1. The van der Waals surface area contributed by atoms with E-state index in [-0.39, 0.29) is 18.0 Å². The summed E-state index contributed by atoms with van der Waals surface area (Å²) in [5, 5.41) is 7.11. The molecule has 0 unspecified atom stereocenters. The number of urea groups is 1. The number of likely N-dealkylation sites (tertiary alicyclic amines) is 1. The molecule has 1 atom stereocenters. The number of methoxy groups -OCH3 is 2. The van der Waals surface area contributed by atoms with Crippen molar-refractivity contribution in [1.82, 2.24) is 10.1 Å². The Bertz CT molecular complexity index is 772. The third-order valence-corrected chi connectivity index (χ3v) is 4.62. The van der Waals surface area contributed by atoms with Crippen molar-refractivity contribution in [2.45, 2.75) is 38.6 Å². The summed E-state index contributed by atoms with van der Waals surface area (Å²) in [7, 11) is 3.15. The van der Waals surface area contributed by atoms with Crippen molar-refractivity contribution in [2.24, 2.45) is 0 Å². The fourth-order valence-electron chi connectivity index (χ4n) is 3.15. The van der Waals surface area contributed by atoms with E-state index in [4.69, 9.17) is 14.0 Å². The Kier molecular flexibility index (Phi) is 5.35. The Morgan fingerprint density at radius 2 is 2.12 bits per heavy atom. The van der Waals surface area contributed by atoms with E-state index in [1.54, 1.807) is 37.3 Å². The first-order valence-electron chi connectivity index (χ1n) is 8.79. The number of carbonyl (C=O) groups is 1. The molecule has 1 aromatic heterocycles. The van der Waals surface area contributed by atoms with Crippen molar-refractivity contribution >= 4 is 11.7 Å². The number of anilines is 1. The Morgan fingerprint density at radius 3 is 2.77 bits per heavy atom. The van der Waals surface area contributed by atoms with Gasteiger partial charge in [0.05, 0.1) is 25.9 Å². The molecule has 1 fully saturated rings. The summed E-state index contributed by atoms with van der Waals surface area (Å²) in [5.41, 5.74) is 1.38. The number of nitrogens with zero attached hydrogens (tertiary/aromatic N) is 2. The fourth-order valence-corrected chi connectivity index (χ4v) is 3.15. The molecule has 7 nitrogen and oxygen atoms in total. The average Bonchev–Trinajstić information content (AvgIpc) is 3.30. The minimum absolute atomic E-state index is 0.0807. The highest BCUT2D eigenvalue weighted by Gasteiger charge is 2.33. The van der Waals surface area contributed by atoms with Crippen LogP contribution in [-0.4, -0.2) is 36.9 Å². The number of benzene rings is 1. The third kappa shape index (κ3) is 3.61. The third-order valence-electron chi connectivity index (χ3n) is 4.62. The molecule has 3 rings (SSSR count). The van der Waals surface area contributed by atoms with Crippen LogP contribution in [0.2, 0.25) is 0 Å². The van der Waals surface area contributed by atoms with Crippen molar-refractivity contribution < 1.29 is 18.8 Å². The van der Waals surface area contributed by atoms with Crippen molar-refractivity contribution in [3.05, 3.63) is 35.7 Å². The topological polar surface area (TPSA) is 76.8 Å². The zero-order valence-electron chi connectivity index (χ0n) is 15.6. The first-order valence-corrected chi connectivity index (χ1v) is 8.79. The molecule has 7 heteroatoms. The molecule has 2 heterocycles. The maximum Gasteiger partial charge on any atom is 0.322 e. The molecule has 2 amide bonds. The summed E-state index contributed by atoms with van der Waals surface area (Å²) in [5.74, 6) is 2.33. The van der Waals surface area contributed by atoms with Gasteiger partial charge in [-0.1, -0.05) is 19.0 Å². The van der Waals surface area contributed by atoms with Gasteiger partial charge in [0.1, 0.15) is 23.0 Å². The summed E-state index contributed by atoms with van der Waals surface area (Å²) in [4.78, 5) is 14.7. The van der Waals surface area contributed by atoms with Crippen LogP contribution in [0.15, 0.2) is 28.8 Å². The normalized spacial score (nSPS) is 16.8. The largest absolute Gasteiger partial charge is 0.497 e. The van der Waals surface area contributed by atoms with E-state index < -0.39 is 0 Å². The van der Waals surface area contributed by atoms with Crippen LogP contribution in [0.5, 0.6) is 11.5 Å². The molecule has 2 aromatic rings. The van der Waals surface area contributed by atoms with Crippen molar-refractivity contribution in [3.8, 4) is 11.5 Å². The Labute approximate surface area is 153 Å². The highest BCUT2D eigenvalue weighted by atomic mass is 16.5. The van der Waals surface area contributed by atoms with Crippen LogP contribution in [0.25, 0.3) is 0 Å². The van der Waals surface area contributed by atoms with E-state index in [2.05, 4.69) is 24.3 Å². The molecule has 1 saturated heterocycles. The summed E-state index contributed by atoms with van der Waals surface area (Å²) < 4.78 is 16.0. The number of amides is 2. The van der Waals surface area contributed by atoms with Gasteiger partial charge in [0.2, 0.25) is 0 Å². The van der Waals surface area contributed by atoms with E-state index in [0.717, 1.165) is 24.3 Å². The second kappa shape index (κ2) is 7.68. The van der Waals surface area contributed by atoms with Crippen molar-refractivity contribution in [1.29, 1.82) is 0 Å². The molecule has 1 aliphatic rings. The first kappa shape index (κ1) is 18.1. The van der Waals surface area contributed by atoms with Crippen molar-refractivity contribution in [3.63, 3.8) is 0 Å². The Morgan fingerprint density at radius 1 is 1.31 bits per heavy atom. The lowest BCUT2D eigenvalue weighted by atomic mass is 10.1. The molecule has 0 bridgehead atoms. The molecular formula is C19H25N3O4. The summed E-state index contributed by atoms with van der Waals surface area (Å²) in [6, 6.07) is 6.98. The van der Waals surface area contributed by atoms with Crippen LogP contribution in [0, 0.1) is 0 Å². The molecule has 0 radical (unpaired) electrons. The highest BCUT2D eigenvalue weighted by Crippen LogP contribution is 2.34. The number of carbonyl (C=O) groups excluding carboxylic acids is 1. The van der Waals surface area contributed by atoms with E-state index in [9.17, 15) is 4.79 Å². The van der Waals surface area contributed by atoms with Gasteiger partial charge in [0.25, 0.3) is 0 Å². The van der Waals surface area contributed by atoms with Gasteiger partial charge in [-0.15, -0.1) is 0 Å².